The molecule has 1 aliphatic rings. The number of nitrogens with two attached hydrogens (primary N) is 1. The number of nitrogens with zero attached hydrogens (tertiary/aromatic N) is 3. The first kappa shape index (κ1) is 32.3. The lowest BCUT2D eigenvalue weighted by molar-refractivity contribution is -0.119. The maximum absolute atomic E-state index is 13.7. The number of imidazole rings is 1. The standard InChI is InChI=1S/C25H35N6O9PS/c1-24(2,13-32)22(35)42-10-9-38-41(37,28-11-15-7-5-4-6-8-15)39-12-16-18(33)25(3,36)21(40-16)31-14-27-17-19(31)29-23(26)30-20(17)34/h4-8,14,16,18,21,32-33,36H,9-13H2,1-3H3,(H,28,37)(H3,26,29,30,34)/t16-,18-,21-,25-,41+/m1/s1. The molecule has 4 rings (SSSR count). The van der Waals surface area contributed by atoms with E-state index in [0.29, 0.717) is 0 Å². The van der Waals surface area contributed by atoms with Crippen LogP contribution in [0.1, 0.15) is 32.6 Å². The molecule has 2 aromatic heterocycles. The number of ether oxygens (including phenoxy) is 1. The number of rotatable bonds is 13. The Bertz CT molecular complexity index is 1500. The van der Waals surface area contributed by atoms with Crippen molar-refractivity contribution in [1.29, 1.82) is 0 Å². The van der Waals surface area contributed by atoms with Gasteiger partial charge in [-0.05, 0) is 26.3 Å². The number of carbonyl (C=O) groups excluding carboxylic acids is 1. The van der Waals surface area contributed by atoms with Crippen molar-refractivity contribution in [3.63, 3.8) is 0 Å². The van der Waals surface area contributed by atoms with Gasteiger partial charge in [0.05, 0.1) is 31.6 Å². The number of aliphatic hydroxyl groups excluding tert-OH is 2. The number of benzene rings is 1. The molecule has 3 aromatic rings. The minimum atomic E-state index is -4.04. The summed E-state index contributed by atoms with van der Waals surface area (Å²) in [4.78, 5) is 34.9. The van der Waals surface area contributed by atoms with Crippen LogP contribution < -0.4 is 16.4 Å². The first-order valence-corrected chi connectivity index (χ1v) is 15.5. The predicted octanol–water partition coefficient (Wildman–Crippen LogP) is 0.921. The first-order chi connectivity index (χ1) is 19.8. The number of carbonyl (C=O) groups is 1. The Balaban J connectivity index is 1.46. The SMILES string of the molecule is CC(C)(CO)C(=O)SCCO[P@@](=O)(NCc1ccccc1)OC[C@H]1O[C@@H](n2cnc3c(=O)[nH]c(N)nc32)[C@](C)(O)[C@@H]1O. The van der Waals surface area contributed by atoms with Crippen LogP contribution >= 0.6 is 19.5 Å². The minimum Gasteiger partial charge on any atom is -0.395 e. The summed E-state index contributed by atoms with van der Waals surface area (Å²) in [6.45, 7) is 3.78. The number of anilines is 1. The minimum absolute atomic E-state index is 0.0326. The fraction of sp³-hybridized carbons (Fsp3) is 0.520. The Hall–Kier alpha value is -2.66. The number of thioether (sulfide) groups is 1. The molecule has 1 aromatic carbocycles. The summed E-state index contributed by atoms with van der Waals surface area (Å²) < 4.78 is 32.1. The molecule has 0 spiro atoms. The van der Waals surface area contributed by atoms with Gasteiger partial charge in [-0.3, -0.25) is 28.2 Å². The van der Waals surface area contributed by atoms with Gasteiger partial charge in [-0.2, -0.15) is 4.98 Å². The summed E-state index contributed by atoms with van der Waals surface area (Å²) in [6.07, 6.45) is -2.72. The number of hydrogen-bond acceptors (Lipinski definition) is 13. The van der Waals surface area contributed by atoms with Crippen LogP contribution in [0.15, 0.2) is 41.5 Å². The highest BCUT2D eigenvalue weighted by Crippen LogP contribution is 2.46. The van der Waals surface area contributed by atoms with Crippen LogP contribution in [0.4, 0.5) is 5.95 Å². The maximum atomic E-state index is 13.7. The number of aromatic amines is 1. The molecule has 5 atom stereocenters. The number of fused-ring (bicyclic) bond motifs is 1. The molecule has 0 bridgehead atoms. The molecule has 7 N–H and O–H groups in total. The van der Waals surface area contributed by atoms with Crippen molar-refractivity contribution in [1.82, 2.24) is 24.6 Å². The van der Waals surface area contributed by atoms with E-state index in [1.807, 2.05) is 30.3 Å². The fourth-order valence-corrected chi connectivity index (χ4v) is 6.37. The van der Waals surface area contributed by atoms with Crippen molar-refractivity contribution in [2.45, 2.75) is 51.4 Å². The van der Waals surface area contributed by atoms with E-state index in [1.165, 1.54) is 17.8 Å². The summed E-state index contributed by atoms with van der Waals surface area (Å²) in [5.41, 5.74) is 3.04. The highest BCUT2D eigenvalue weighted by molar-refractivity contribution is 8.13. The lowest BCUT2D eigenvalue weighted by Crippen LogP contribution is -2.44. The Morgan fingerprint density at radius 2 is 2.05 bits per heavy atom. The van der Waals surface area contributed by atoms with Crippen molar-refractivity contribution in [3.05, 3.63) is 52.6 Å². The Kier molecular flexibility index (Phi) is 9.92. The fourth-order valence-electron chi connectivity index (χ4n) is 4.13. The molecule has 0 unspecified atom stereocenters. The quantitative estimate of drug-likeness (QED) is 0.115. The van der Waals surface area contributed by atoms with E-state index in [4.69, 9.17) is 19.5 Å². The summed E-state index contributed by atoms with van der Waals surface area (Å²) in [5, 5.41) is 34.0. The molecule has 0 radical (unpaired) electrons. The van der Waals surface area contributed by atoms with E-state index in [0.717, 1.165) is 17.3 Å². The third-order valence-corrected chi connectivity index (χ3v) is 9.45. The largest absolute Gasteiger partial charge is 0.405 e. The van der Waals surface area contributed by atoms with E-state index in [2.05, 4.69) is 20.0 Å². The van der Waals surface area contributed by atoms with E-state index < -0.39 is 49.4 Å². The molecule has 15 nitrogen and oxygen atoms in total. The molecule has 42 heavy (non-hydrogen) atoms. The molecule has 1 fully saturated rings. The van der Waals surface area contributed by atoms with Crippen molar-refractivity contribution < 1.29 is 38.5 Å². The molecule has 230 valence electrons. The van der Waals surface area contributed by atoms with Crippen molar-refractivity contribution in [2.75, 3.05) is 31.3 Å². The predicted molar refractivity (Wildman–Crippen MR) is 154 cm³/mol. The molecule has 0 saturated carbocycles. The van der Waals surface area contributed by atoms with Gasteiger partial charge in [-0.1, -0.05) is 42.1 Å². The van der Waals surface area contributed by atoms with Crippen LogP contribution in [-0.4, -0.2) is 83.3 Å². The third kappa shape index (κ3) is 7.10. The third-order valence-electron chi connectivity index (χ3n) is 6.71. The summed E-state index contributed by atoms with van der Waals surface area (Å²) >= 11 is 0.934. The van der Waals surface area contributed by atoms with Crippen LogP contribution in [0.3, 0.4) is 0 Å². The van der Waals surface area contributed by atoms with Crippen molar-refractivity contribution in [2.24, 2.45) is 5.41 Å². The topological polar surface area (TPSA) is 224 Å². The maximum Gasteiger partial charge on any atom is 0.405 e. The summed E-state index contributed by atoms with van der Waals surface area (Å²) in [7, 11) is -4.04. The molecule has 0 aliphatic carbocycles. The zero-order chi connectivity index (χ0) is 30.7. The van der Waals surface area contributed by atoms with Gasteiger partial charge in [0.1, 0.15) is 17.8 Å². The zero-order valence-electron chi connectivity index (χ0n) is 23.3. The van der Waals surface area contributed by atoms with Gasteiger partial charge in [0.15, 0.2) is 22.5 Å². The molecule has 1 saturated heterocycles. The van der Waals surface area contributed by atoms with Crippen LogP contribution in [0, 0.1) is 5.41 Å². The Labute approximate surface area is 245 Å². The highest BCUT2D eigenvalue weighted by atomic mass is 32.2. The Morgan fingerprint density at radius 1 is 1.33 bits per heavy atom. The number of aromatic nitrogens is 4. The second kappa shape index (κ2) is 12.9. The molecule has 1 aliphatic heterocycles. The number of nitrogens with one attached hydrogen (secondary N) is 2. The van der Waals surface area contributed by atoms with Gasteiger partial charge in [0, 0.05) is 12.3 Å². The average molecular weight is 627 g/mol. The highest BCUT2D eigenvalue weighted by Gasteiger charge is 2.54. The summed E-state index contributed by atoms with van der Waals surface area (Å²) in [5.74, 6) is -0.0278. The van der Waals surface area contributed by atoms with Gasteiger partial charge in [0.2, 0.25) is 5.95 Å². The van der Waals surface area contributed by atoms with Gasteiger partial charge in [-0.15, -0.1) is 0 Å². The smallest absolute Gasteiger partial charge is 0.395 e. The second-order valence-electron chi connectivity index (χ2n) is 10.6. The van der Waals surface area contributed by atoms with Gasteiger partial charge in [-0.25, -0.2) is 14.6 Å². The molecular formula is C25H35N6O9PS. The average Bonchev–Trinajstić information content (AvgIpc) is 3.47. The van der Waals surface area contributed by atoms with Crippen LogP contribution in [0.5, 0.6) is 0 Å². The van der Waals surface area contributed by atoms with Crippen molar-refractivity contribution >= 4 is 41.7 Å². The van der Waals surface area contributed by atoms with E-state index >= 15 is 0 Å². The lowest BCUT2D eigenvalue weighted by Gasteiger charge is -2.27. The summed E-state index contributed by atoms with van der Waals surface area (Å²) in [6, 6.07) is 9.10. The van der Waals surface area contributed by atoms with E-state index in [1.54, 1.807) is 13.8 Å². The van der Waals surface area contributed by atoms with Crippen molar-refractivity contribution in [3.8, 4) is 0 Å². The molecule has 3 heterocycles. The van der Waals surface area contributed by atoms with Gasteiger partial charge in [0.25, 0.3) is 5.56 Å². The number of nitrogen functional groups attached to an aromatic ring is 1. The van der Waals surface area contributed by atoms with Crippen LogP contribution in [0.25, 0.3) is 11.2 Å². The molecule has 0 amide bonds. The zero-order valence-corrected chi connectivity index (χ0v) is 25.0. The number of hydrogen-bond donors (Lipinski definition) is 6. The Morgan fingerprint density at radius 3 is 2.74 bits per heavy atom. The lowest BCUT2D eigenvalue weighted by atomic mass is 9.96. The first-order valence-electron chi connectivity index (χ1n) is 13.0. The monoisotopic (exact) mass is 626 g/mol. The van der Waals surface area contributed by atoms with Crippen LogP contribution in [0.2, 0.25) is 0 Å². The van der Waals surface area contributed by atoms with E-state index in [9.17, 15) is 29.5 Å². The second-order valence-corrected chi connectivity index (χ2v) is 13.5. The molecule has 17 heteroatoms. The van der Waals surface area contributed by atoms with Gasteiger partial charge >= 0.3 is 7.75 Å². The molecular weight excluding hydrogens is 591 g/mol. The normalized spacial score (nSPS) is 24.2. The number of H-pyrrole nitrogens is 1. The number of aliphatic hydroxyl groups is 3. The van der Waals surface area contributed by atoms with E-state index in [-0.39, 0.29) is 47.7 Å². The van der Waals surface area contributed by atoms with Crippen LogP contribution in [-0.2, 0) is 29.7 Å². The van der Waals surface area contributed by atoms with Gasteiger partial charge < -0.3 is 25.8 Å².